The average Bonchev–Trinajstić information content (AvgIpc) is 2.92. The predicted molar refractivity (Wildman–Crippen MR) is 86.7 cm³/mol. The van der Waals surface area contributed by atoms with E-state index in [1.807, 2.05) is 12.1 Å². The highest BCUT2D eigenvalue weighted by Gasteiger charge is 2.19. The second-order valence-corrected chi connectivity index (χ2v) is 5.75. The van der Waals surface area contributed by atoms with Gasteiger partial charge in [-0.1, -0.05) is 23.7 Å². The summed E-state index contributed by atoms with van der Waals surface area (Å²) in [4.78, 5) is 28.1. The van der Waals surface area contributed by atoms with E-state index in [2.05, 4.69) is 9.88 Å². The molecule has 1 aliphatic heterocycles. The highest BCUT2D eigenvalue weighted by molar-refractivity contribution is 6.48. The van der Waals surface area contributed by atoms with E-state index in [0.29, 0.717) is 48.9 Å². The molecule has 3 rings (SSSR count). The predicted octanol–water partition coefficient (Wildman–Crippen LogP) is 2.00. The Morgan fingerprint density at radius 2 is 2.09 bits per heavy atom. The fourth-order valence-electron chi connectivity index (χ4n) is 2.54. The van der Waals surface area contributed by atoms with Crippen molar-refractivity contribution in [2.24, 2.45) is 0 Å². The van der Waals surface area contributed by atoms with Gasteiger partial charge in [-0.05, 0) is 17.7 Å². The third-order valence-electron chi connectivity index (χ3n) is 3.87. The number of carbonyl (C=O) groups is 1. The van der Waals surface area contributed by atoms with E-state index in [1.54, 1.807) is 12.1 Å². The van der Waals surface area contributed by atoms with Gasteiger partial charge < -0.3 is 14.4 Å². The van der Waals surface area contributed by atoms with E-state index >= 15 is 0 Å². The molecule has 1 saturated heterocycles. The molecule has 1 fully saturated rings. The van der Waals surface area contributed by atoms with Gasteiger partial charge in [-0.3, -0.25) is 9.88 Å². The van der Waals surface area contributed by atoms with E-state index in [1.165, 1.54) is 4.90 Å². The molecule has 0 aliphatic carbocycles. The molecule has 0 atom stereocenters. The van der Waals surface area contributed by atoms with Crippen LogP contribution in [0.3, 0.4) is 0 Å². The van der Waals surface area contributed by atoms with Crippen LogP contribution in [0.5, 0.6) is 0 Å². The molecular weight excluding hydrogens is 322 g/mol. The van der Waals surface area contributed by atoms with Crippen molar-refractivity contribution in [1.29, 1.82) is 0 Å². The Labute approximate surface area is 136 Å². The molecule has 1 aliphatic rings. The standard InChI is InChI=1S/C15H16ClN3O4/c16-11(3-4-18-5-7-19(8-6-18)15(21)22)10-1-2-12-13(9-10)23-14(20)17-12/h1-3,9H,4-8H2,(H,17,20)(H,21,22)/b11-3-. The van der Waals surface area contributed by atoms with Crippen molar-refractivity contribution in [3.63, 3.8) is 0 Å². The van der Waals surface area contributed by atoms with Crippen LogP contribution in [0.4, 0.5) is 4.79 Å². The molecule has 8 heteroatoms. The second kappa shape index (κ2) is 6.47. The van der Waals surface area contributed by atoms with Crippen molar-refractivity contribution in [2.75, 3.05) is 32.7 Å². The van der Waals surface area contributed by atoms with Crippen LogP contribution in [0.25, 0.3) is 16.1 Å². The molecule has 0 unspecified atom stereocenters. The number of oxazole rings is 1. The van der Waals surface area contributed by atoms with Crippen LogP contribution in [0.1, 0.15) is 5.56 Å². The molecule has 2 aromatic rings. The van der Waals surface area contributed by atoms with E-state index in [0.717, 1.165) is 5.56 Å². The summed E-state index contributed by atoms with van der Waals surface area (Å²) in [6, 6.07) is 5.28. The van der Waals surface area contributed by atoms with Crippen molar-refractivity contribution in [3.05, 3.63) is 40.4 Å². The SMILES string of the molecule is O=C(O)N1CCN(C/C=C(\Cl)c2ccc3[nH]c(=O)oc3c2)CC1. The lowest BCUT2D eigenvalue weighted by molar-refractivity contribution is 0.110. The van der Waals surface area contributed by atoms with Crippen LogP contribution in [0.15, 0.2) is 33.5 Å². The lowest BCUT2D eigenvalue weighted by Gasteiger charge is -2.32. The zero-order valence-electron chi connectivity index (χ0n) is 12.3. The van der Waals surface area contributed by atoms with Crippen LogP contribution < -0.4 is 5.76 Å². The number of H-pyrrole nitrogens is 1. The first-order valence-electron chi connectivity index (χ1n) is 7.22. The number of aromatic nitrogens is 1. The lowest BCUT2D eigenvalue weighted by atomic mass is 10.2. The Hall–Kier alpha value is -2.25. The van der Waals surface area contributed by atoms with Crippen LogP contribution >= 0.6 is 11.6 Å². The van der Waals surface area contributed by atoms with Crippen LogP contribution in [0.2, 0.25) is 0 Å². The van der Waals surface area contributed by atoms with Gasteiger partial charge in [-0.15, -0.1) is 0 Å². The van der Waals surface area contributed by atoms with Gasteiger partial charge >= 0.3 is 11.8 Å². The topological polar surface area (TPSA) is 89.8 Å². The number of nitrogens with one attached hydrogen (secondary N) is 1. The summed E-state index contributed by atoms with van der Waals surface area (Å²) in [5.41, 5.74) is 1.87. The minimum absolute atomic E-state index is 0.467. The third-order valence-corrected chi connectivity index (χ3v) is 4.24. The maximum Gasteiger partial charge on any atom is 0.417 e. The minimum Gasteiger partial charge on any atom is -0.465 e. The maximum absolute atomic E-state index is 11.2. The number of aromatic amines is 1. The molecule has 0 radical (unpaired) electrons. The summed E-state index contributed by atoms with van der Waals surface area (Å²) < 4.78 is 5.02. The largest absolute Gasteiger partial charge is 0.465 e. The number of piperazine rings is 1. The molecule has 0 saturated carbocycles. The number of carboxylic acid groups (broad SMARTS) is 1. The molecule has 1 aromatic heterocycles. The number of hydrogen-bond donors (Lipinski definition) is 2. The molecule has 1 amide bonds. The zero-order valence-corrected chi connectivity index (χ0v) is 13.0. The Bertz CT molecular complexity index is 802. The van der Waals surface area contributed by atoms with Crippen LogP contribution in [-0.2, 0) is 0 Å². The molecule has 2 N–H and O–H groups in total. The number of halogens is 1. The first kappa shape index (κ1) is 15.6. The summed E-state index contributed by atoms with van der Waals surface area (Å²) in [5.74, 6) is -0.492. The Morgan fingerprint density at radius 1 is 1.35 bits per heavy atom. The summed E-state index contributed by atoms with van der Waals surface area (Å²) in [6.45, 7) is 3.00. The zero-order chi connectivity index (χ0) is 16.4. The van der Waals surface area contributed by atoms with Gasteiger partial charge in [0.05, 0.1) is 5.52 Å². The minimum atomic E-state index is -0.875. The fourth-order valence-corrected chi connectivity index (χ4v) is 2.73. The molecule has 23 heavy (non-hydrogen) atoms. The van der Waals surface area contributed by atoms with Crippen LogP contribution in [-0.4, -0.2) is 58.7 Å². The van der Waals surface area contributed by atoms with Crippen molar-refractivity contribution >= 4 is 33.8 Å². The Balaban J connectivity index is 1.65. The summed E-state index contributed by atoms with van der Waals surface area (Å²) >= 11 is 6.31. The van der Waals surface area contributed by atoms with Gasteiger partial charge in [0.15, 0.2) is 5.58 Å². The fraction of sp³-hybridized carbons (Fsp3) is 0.333. The number of amides is 1. The lowest BCUT2D eigenvalue weighted by Crippen LogP contribution is -2.48. The third kappa shape index (κ3) is 3.57. The number of hydrogen-bond acceptors (Lipinski definition) is 4. The van der Waals surface area contributed by atoms with Crippen molar-refractivity contribution in [3.8, 4) is 0 Å². The number of rotatable bonds is 3. The monoisotopic (exact) mass is 337 g/mol. The quantitative estimate of drug-likeness (QED) is 0.894. The van der Waals surface area contributed by atoms with E-state index in [4.69, 9.17) is 21.1 Å². The number of nitrogens with zero attached hydrogens (tertiary/aromatic N) is 2. The first-order valence-corrected chi connectivity index (χ1v) is 7.60. The smallest absolute Gasteiger partial charge is 0.417 e. The van der Waals surface area contributed by atoms with E-state index in [9.17, 15) is 9.59 Å². The Kier molecular flexibility index (Phi) is 4.40. The maximum atomic E-state index is 11.2. The molecule has 1 aromatic carbocycles. The highest BCUT2D eigenvalue weighted by atomic mass is 35.5. The van der Waals surface area contributed by atoms with Gasteiger partial charge in [0, 0.05) is 37.8 Å². The van der Waals surface area contributed by atoms with Crippen molar-refractivity contribution in [1.82, 2.24) is 14.8 Å². The van der Waals surface area contributed by atoms with Gasteiger partial charge in [-0.2, -0.15) is 0 Å². The number of fused-ring (bicyclic) bond motifs is 1. The van der Waals surface area contributed by atoms with Gasteiger partial charge in [0.25, 0.3) is 0 Å². The normalized spacial score (nSPS) is 16.9. The molecular formula is C15H16ClN3O4. The second-order valence-electron chi connectivity index (χ2n) is 5.35. The molecule has 0 bridgehead atoms. The van der Waals surface area contributed by atoms with Crippen LogP contribution in [0, 0.1) is 0 Å². The molecule has 7 nitrogen and oxygen atoms in total. The molecule has 122 valence electrons. The van der Waals surface area contributed by atoms with Gasteiger partial charge in [0.1, 0.15) is 0 Å². The summed E-state index contributed by atoms with van der Waals surface area (Å²) in [5, 5.41) is 9.49. The summed E-state index contributed by atoms with van der Waals surface area (Å²) in [6.07, 6.45) is 1.00. The highest BCUT2D eigenvalue weighted by Crippen LogP contribution is 2.22. The first-order chi connectivity index (χ1) is 11.0. The van der Waals surface area contributed by atoms with Gasteiger partial charge in [0.2, 0.25) is 0 Å². The summed E-state index contributed by atoms with van der Waals surface area (Å²) in [7, 11) is 0. The van der Waals surface area contributed by atoms with Crippen molar-refractivity contribution in [2.45, 2.75) is 0 Å². The molecule has 0 spiro atoms. The van der Waals surface area contributed by atoms with E-state index < -0.39 is 11.8 Å². The van der Waals surface area contributed by atoms with Crippen molar-refractivity contribution < 1.29 is 14.3 Å². The molecule has 2 heterocycles. The number of benzene rings is 1. The Morgan fingerprint density at radius 3 is 2.78 bits per heavy atom. The van der Waals surface area contributed by atoms with Gasteiger partial charge in [-0.25, -0.2) is 9.59 Å². The average molecular weight is 338 g/mol. The van der Waals surface area contributed by atoms with E-state index in [-0.39, 0.29) is 0 Å².